The standard InChI is InChI=1S/C15H18N4S/c1-4-8-20-15-16-14-13(17-18-15)11-9-10(3)6-7-12(11)19(14)5-2/h6-7,9H,4-5,8H2,1-3H3. The number of nitrogens with zero attached hydrogens (tertiary/aromatic N) is 4. The number of aryl methyl sites for hydroxylation is 2. The van der Waals surface area contributed by atoms with E-state index in [0.29, 0.717) is 0 Å². The summed E-state index contributed by atoms with van der Waals surface area (Å²) >= 11 is 1.67. The number of thioether (sulfide) groups is 1. The molecule has 0 spiro atoms. The molecule has 4 nitrogen and oxygen atoms in total. The van der Waals surface area contributed by atoms with Crippen molar-refractivity contribution >= 4 is 33.8 Å². The van der Waals surface area contributed by atoms with E-state index in [1.165, 1.54) is 11.1 Å². The van der Waals surface area contributed by atoms with Crippen LogP contribution in [0.5, 0.6) is 0 Å². The molecule has 0 aliphatic heterocycles. The first kappa shape index (κ1) is 13.4. The maximum absolute atomic E-state index is 4.70. The van der Waals surface area contributed by atoms with Gasteiger partial charge in [0.25, 0.3) is 0 Å². The normalized spacial score (nSPS) is 11.6. The minimum atomic E-state index is 0.772. The molecule has 0 saturated heterocycles. The van der Waals surface area contributed by atoms with Gasteiger partial charge in [-0.1, -0.05) is 30.3 Å². The Balaban J connectivity index is 2.25. The Labute approximate surface area is 122 Å². The van der Waals surface area contributed by atoms with Gasteiger partial charge in [0.2, 0.25) is 5.16 Å². The summed E-state index contributed by atoms with van der Waals surface area (Å²) in [6.07, 6.45) is 1.11. The number of rotatable bonds is 4. The summed E-state index contributed by atoms with van der Waals surface area (Å²) in [5, 5.41) is 10.6. The molecule has 0 radical (unpaired) electrons. The van der Waals surface area contributed by atoms with Gasteiger partial charge in [-0.2, -0.15) is 0 Å². The predicted molar refractivity (Wildman–Crippen MR) is 84.3 cm³/mol. The van der Waals surface area contributed by atoms with Gasteiger partial charge in [0.05, 0.1) is 5.52 Å². The first-order valence-electron chi connectivity index (χ1n) is 7.00. The molecule has 2 heterocycles. The van der Waals surface area contributed by atoms with Crippen molar-refractivity contribution in [2.45, 2.75) is 38.9 Å². The van der Waals surface area contributed by atoms with E-state index >= 15 is 0 Å². The fourth-order valence-corrected chi connectivity index (χ4v) is 3.07. The minimum Gasteiger partial charge on any atom is -0.324 e. The first-order valence-corrected chi connectivity index (χ1v) is 7.99. The third kappa shape index (κ3) is 2.16. The zero-order valence-electron chi connectivity index (χ0n) is 12.1. The van der Waals surface area contributed by atoms with Gasteiger partial charge >= 0.3 is 0 Å². The SMILES string of the molecule is CCCSc1nnc2c3cc(C)ccc3n(CC)c2n1. The fourth-order valence-electron chi connectivity index (χ4n) is 2.43. The van der Waals surface area contributed by atoms with Gasteiger partial charge in [0, 0.05) is 17.7 Å². The number of benzene rings is 1. The van der Waals surface area contributed by atoms with E-state index in [-0.39, 0.29) is 0 Å². The topological polar surface area (TPSA) is 43.6 Å². The van der Waals surface area contributed by atoms with Gasteiger partial charge in [-0.25, -0.2) is 4.98 Å². The molecular weight excluding hydrogens is 268 g/mol. The summed E-state index contributed by atoms with van der Waals surface area (Å²) in [6.45, 7) is 7.28. The van der Waals surface area contributed by atoms with Gasteiger partial charge in [-0.3, -0.25) is 0 Å². The van der Waals surface area contributed by atoms with Crippen LogP contribution in [0.3, 0.4) is 0 Å². The summed E-state index contributed by atoms with van der Waals surface area (Å²) in [7, 11) is 0. The molecule has 104 valence electrons. The zero-order chi connectivity index (χ0) is 14.1. The van der Waals surface area contributed by atoms with Gasteiger partial charge in [0.15, 0.2) is 5.65 Å². The molecule has 0 aliphatic carbocycles. The molecule has 0 N–H and O–H groups in total. The van der Waals surface area contributed by atoms with E-state index in [1.54, 1.807) is 11.8 Å². The van der Waals surface area contributed by atoms with Crippen LogP contribution in [0.2, 0.25) is 0 Å². The largest absolute Gasteiger partial charge is 0.324 e. The lowest BCUT2D eigenvalue weighted by Gasteiger charge is -2.02. The van der Waals surface area contributed by atoms with Gasteiger partial charge in [-0.15, -0.1) is 10.2 Å². The fraction of sp³-hybridized carbons (Fsp3) is 0.400. The molecule has 0 bridgehead atoms. The zero-order valence-corrected chi connectivity index (χ0v) is 12.9. The molecule has 3 aromatic rings. The molecule has 20 heavy (non-hydrogen) atoms. The van der Waals surface area contributed by atoms with E-state index in [4.69, 9.17) is 4.98 Å². The second-order valence-electron chi connectivity index (χ2n) is 4.88. The molecule has 0 amide bonds. The van der Waals surface area contributed by atoms with Crippen molar-refractivity contribution < 1.29 is 0 Å². The van der Waals surface area contributed by atoms with Crippen molar-refractivity contribution in [2.75, 3.05) is 5.75 Å². The predicted octanol–water partition coefficient (Wildman–Crippen LogP) is 3.81. The summed E-state index contributed by atoms with van der Waals surface area (Å²) in [6, 6.07) is 6.45. The van der Waals surface area contributed by atoms with Crippen LogP contribution in [0.4, 0.5) is 0 Å². The Bertz CT molecular complexity index is 763. The Hall–Kier alpha value is -1.62. The molecule has 2 aromatic heterocycles. The van der Waals surface area contributed by atoms with Gasteiger partial charge in [-0.05, 0) is 32.4 Å². The molecule has 0 saturated carbocycles. The monoisotopic (exact) mass is 286 g/mol. The molecule has 0 unspecified atom stereocenters. The summed E-state index contributed by atoms with van der Waals surface area (Å²) in [4.78, 5) is 4.70. The highest BCUT2D eigenvalue weighted by atomic mass is 32.2. The molecule has 0 aliphatic rings. The second-order valence-corrected chi connectivity index (χ2v) is 5.94. The van der Waals surface area contributed by atoms with Gasteiger partial charge in [0.1, 0.15) is 5.52 Å². The first-order chi connectivity index (χ1) is 9.74. The Morgan fingerprint density at radius 2 is 2.05 bits per heavy atom. The molecule has 0 atom stereocenters. The van der Waals surface area contributed by atoms with E-state index in [9.17, 15) is 0 Å². The van der Waals surface area contributed by atoms with E-state index in [2.05, 4.69) is 53.7 Å². The average molecular weight is 286 g/mol. The Kier molecular flexibility index (Phi) is 3.61. The van der Waals surface area contributed by atoms with Crippen molar-refractivity contribution in [3.8, 4) is 0 Å². The Morgan fingerprint density at radius 3 is 2.80 bits per heavy atom. The molecule has 0 fully saturated rings. The van der Waals surface area contributed by atoms with E-state index in [1.807, 2.05) is 0 Å². The lowest BCUT2D eigenvalue weighted by Crippen LogP contribution is -1.98. The molecular formula is C15H18N4S. The summed E-state index contributed by atoms with van der Waals surface area (Å²) in [5.74, 6) is 1.03. The van der Waals surface area contributed by atoms with Crippen LogP contribution < -0.4 is 0 Å². The average Bonchev–Trinajstić information content (AvgIpc) is 2.77. The van der Waals surface area contributed by atoms with Crippen LogP contribution in [0, 0.1) is 6.92 Å². The molecule has 3 rings (SSSR count). The molecule has 5 heteroatoms. The van der Waals surface area contributed by atoms with E-state index < -0.39 is 0 Å². The third-order valence-corrected chi connectivity index (χ3v) is 4.40. The van der Waals surface area contributed by atoms with Crippen LogP contribution >= 0.6 is 11.8 Å². The maximum Gasteiger partial charge on any atom is 0.211 e. The smallest absolute Gasteiger partial charge is 0.211 e. The van der Waals surface area contributed by atoms with Crippen LogP contribution in [0.1, 0.15) is 25.8 Å². The summed E-state index contributed by atoms with van der Waals surface area (Å²) in [5.41, 5.74) is 4.28. The highest BCUT2D eigenvalue weighted by Gasteiger charge is 2.14. The van der Waals surface area contributed by atoms with E-state index in [0.717, 1.165) is 40.4 Å². The number of aromatic nitrogens is 4. The van der Waals surface area contributed by atoms with Crippen molar-refractivity contribution in [1.29, 1.82) is 0 Å². The maximum atomic E-state index is 4.70. The number of hydrogen-bond donors (Lipinski definition) is 0. The second kappa shape index (κ2) is 5.40. The molecule has 1 aromatic carbocycles. The quantitative estimate of drug-likeness (QED) is 0.684. The lowest BCUT2D eigenvalue weighted by molar-refractivity contribution is 0.789. The van der Waals surface area contributed by atoms with Crippen LogP contribution in [-0.2, 0) is 6.54 Å². The van der Waals surface area contributed by atoms with Crippen molar-refractivity contribution in [2.24, 2.45) is 0 Å². The number of fused-ring (bicyclic) bond motifs is 3. The summed E-state index contributed by atoms with van der Waals surface area (Å²) < 4.78 is 2.22. The highest BCUT2D eigenvalue weighted by Crippen LogP contribution is 2.28. The third-order valence-electron chi connectivity index (χ3n) is 3.35. The highest BCUT2D eigenvalue weighted by molar-refractivity contribution is 7.99. The van der Waals surface area contributed by atoms with Crippen LogP contribution in [0.15, 0.2) is 23.4 Å². The van der Waals surface area contributed by atoms with Crippen molar-refractivity contribution in [3.63, 3.8) is 0 Å². The number of hydrogen-bond acceptors (Lipinski definition) is 4. The Morgan fingerprint density at radius 1 is 1.20 bits per heavy atom. The lowest BCUT2D eigenvalue weighted by atomic mass is 10.2. The minimum absolute atomic E-state index is 0.772. The van der Waals surface area contributed by atoms with Crippen LogP contribution in [-0.4, -0.2) is 25.5 Å². The van der Waals surface area contributed by atoms with Crippen LogP contribution in [0.25, 0.3) is 22.1 Å². The van der Waals surface area contributed by atoms with Crippen molar-refractivity contribution in [3.05, 3.63) is 23.8 Å². The van der Waals surface area contributed by atoms with Gasteiger partial charge < -0.3 is 4.57 Å². The van der Waals surface area contributed by atoms with Crippen molar-refractivity contribution in [1.82, 2.24) is 19.7 Å².